The van der Waals surface area contributed by atoms with Crippen molar-refractivity contribution in [3.63, 3.8) is 0 Å². The quantitative estimate of drug-likeness (QED) is 0.413. The molecule has 0 aliphatic rings. The highest BCUT2D eigenvalue weighted by atomic mass is 32.2. The van der Waals surface area contributed by atoms with Crippen LogP contribution in [0.25, 0.3) is 22.0 Å². The van der Waals surface area contributed by atoms with Gasteiger partial charge in [0.1, 0.15) is 11.6 Å². The third-order valence-corrected chi connectivity index (χ3v) is 6.58. The van der Waals surface area contributed by atoms with Crippen LogP contribution in [0.15, 0.2) is 83.7 Å². The van der Waals surface area contributed by atoms with Gasteiger partial charge in [0.05, 0.1) is 17.3 Å². The van der Waals surface area contributed by atoms with Crippen molar-refractivity contribution in [1.29, 1.82) is 0 Å². The first-order chi connectivity index (χ1) is 16.3. The lowest BCUT2D eigenvalue weighted by Gasteiger charge is -2.29. The number of hydrogen-bond donors (Lipinski definition) is 1. The van der Waals surface area contributed by atoms with Crippen molar-refractivity contribution in [2.24, 2.45) is 0 Å². The third-order valence-electron chi connectivity index (χ3n) is 5.40. The molecule has 1 unspecified atom stereocenters. The molecule has 1 N–H and O–H groups in total. The van der Waals surface area contributed by atoms with Crippen LogP contribution < -0.4 is 9.86 Å². The Morgan fingerprint density at radius 1 is 0.971 bits per heavy atom. The molecule has 0 bridgehead atoms. The van der Waals surface area contributed by atoms with Crippen molar-refractivity contribution < 1.29 is 18.3 Å². The highest BCUT2D eigenvalue weighted by Gasteiger charge is 2.32. The maximum absolute atomic E-state index is 12.7. The molecular formula is C24H22N4O5S. The number of aryl methyl sites for hydroxylation is 1. The summed E-state index contributed by atoms with van der Waals surface area (Å²) in [7, 11) is -3.96. The standard InChI is InChI=1S/C24H22N4O5S/c1-34(32,33)28(19-13-11-18(12-14-19)17-7-3-2-4-8-17)22(24(30)31)15-16-27-23(29)20-9-5-6-10-21(20)25-26-27/h2-14,22H,15-16H2,1H3,(H,30,31). The van der Waals surface area contributed by atoms with Gasteiger partial charge in [-0.2, -0.15) is 0 Å². The maximum atomic E-state index is 12.7. The molecule has 0 aliphatic carbocycles. The van der Waals surface area contributed by atoms with Gasteiger partial charge in [-0.15, -0.1) is 5.10 Å². The Hall–Kier alpha value is -4.05. The Balaban J connectivity index is 1.64. The van der Waals surface area contributed by atoms with Gasteiger partial charge in [-0.1, -0.05) is 59.8 Å². The van der Waals surface area contributed by atoms with Gasteiger partial charge in [0.2, 0.25) is 10.0 Å². The van der Waals surface area contributed by atoms with E-state index in [0.29, 0.717) is 10.9 Å². The molecule has 4 rings (SSSR count). The molecule has 34 heavy (non-hydrogen) atoms. The maximum Gasteiger partial charge on any atom is 0.327 e. The molecular weight excluding hydrogens is 456 g/mol. The Labute approximate surface area is 195 Å². The Kier molecular flexibility index (Phi) is 6.42. The highest BCUT2D eigenvalue weighted by molar-refractivity contribution is 7.92. The minimum Gasteiger partial charge on any atom is -0.480 e. The minimum atomic E-state index is -3.96. The first-order valence-electron chi connectivity index (χ1n) is 10.5. The van der Waals surface area contributed by atoms with Crippen molar-refractivity contribution in [3.8, 4) is 11.1 Å². The van der Waals surface area contributed by atoms with E-state index in [4.69, 9.17) is 0 Å². The van der Waals surface area contributed by atoms with Crippen molar-refractivity contribution in [2.75, 3.05) is 10.6 Å². The fourth-order valence-electron chi connectivity index (χ4n) is 3.79. The van der Waals surface area contributed by atoms with E-state index in [9.17, 15) is 23.1 Å². The summed E-state index contributed by atoms with van der Waals surface area (Å²) in [6.45, 7) is -0.123. The summed E-state index contributed by atoms with van der Waals surface area (Å²) in [6.07, 6.45) is 0.770. The summed E-state index contributed by atoms with van der Waals surface area (Å²) in [6, 6.07) is 21.4. The number of hydrogen-bond acceptors (Lipinski definition) is 6. The molecule has 1 heterocycles. The second-order valence-electron chi connectivity index (χ2n) is 7.75. The summed E-state index contributed by atoms with van der Waals surface area (Å²) in [5, 5.41) is 18.1. The summed E-state index contributed by atoms with van der Waals surface area (Å²) in [5.41, 5.74) is 2.03. The molecule has 0 radical (unpaired) electrons. The molecule has 4 aromatic rings. The Bertz CT molecular complexity index is 1490. The van der Waals surface area contributed by atoms with E-state index < -0.39 is 27.6 Å². The zero-order valence-electron chi connectivity index (χ0n) is 18.3. The average molecular weight is 479 g/mol. The van der Waals surface area contributed by atoms with Crippen LogP contribution in [0, 0.1) is 0 Å². The molecule has 1 aromatic heterocycles. The van der Waals surface area contributed by atoms with Gasteiger partial charge in [-0.3, -0.25) is 9.10 Å². The van der Waals surface area contributed by atoms with Gasteiger partial charge >= 0.3 is 5.97 Å². The summed E-state index contributed by atoms with van der Waals surface area (Å²) >= 11 is 0. The number of anilines is 1. The topological polar surface area (TPSA) is 122 Å². The molecule has 0 amide bonds. The van der Waals surface area contributed by atoms with Crippen molar-refractivity contribution in [1.82, 2.24) is 15.0 Å². The lowest BCUT2D eigenvalue weighted by Crippen LogP contribution is -2.46. The molecule has 0 spiro atoms. The number of aromatic nitrogens is 3. The van der Waals surface area contributed by atoms with Crippen LogP contribution in [-0.2, 0) is 21.4 Å². The van der Waals surface area contributed by atoms with Crippen molar-refractivity contribution >= 4 is 32.6 Å². The van der Waals surface area contributed by atoms with E-state index in [-0.39, 0.29) is 18.7 Å². The van der Waals surface area contributed by atoms with E-state index in [1.54, 1.807) is 48.5 Å². The number of carbonyl (C=O) groups is 1. The monoisotopic (exact) mass is 478 g/mol. The van der Waals surface area contributed by atoms with Crippen LogP contribution in [0.1, 0.15) is 6.42 Å². The van der Waals surface area contributed by atoms with Crippen molar-refractivity contribution in [3.05, 3.63) is 89.2 Å². The number of rotatable bonds is 8. The van der Waals surface area contributed by atoms with Gasteiger partial charge in [0, 0.05) is 6.54 Å². The molecule has 3 aromatic carbocycles. The van der Waals surface area contributed by atoms with Gasteiger partial charge in [0.15, 0.2) is 0 Å². The molecule has 174 valence electrons. The lowest BCUT2D eigenvalue weighted by atomic mass is 10.1. The normalized spacial score (nSPS) is 12.4. The van der Waals surface area contributed by atoms with Crippen LogP contribution in [0.3, 0.4) is 0 Å². The fourth-order valence-corrected chi connectivity index (χ4v) is 4.95. The summed E-state index contributed by atoms with van der Waals surface area (Å²) < 4.78 is 27.2. The lowest BCUT2D eigenvalue weighted by molar-refractivity contribution is -0.138. The van der Waals surface area contributed by atoms with Crippen LogP contribution in [-0.4, -0.2) is 46.8 Å². The third kappa shape index (κ3) is 4.81. The number of carboxylic acids is 1. The van der Waals surface area contributed by atoms with Crippen LogP contribution >= 0.6 is 0 Å². The summed E-state index contributed by atoms with van der Waals surface area (Å²) in [5.74, 6) is -1.33. The molecule has 9 nitrogen and oxygen atoms in total. The predicted octanol–water partition coefficient (Wildman–Crippen LogP) is 2.77. The van der Waals surface area contributed by atoms with Crippen LogP contribution in [0.4, 0.5) is 5.69 Å². The van der Waals surface area contributed by atoms with E-state index in [0.717, 1.165) is 26.4 Å². The fraction of sp³-hybridized carbons (Fsp3) is 0.167. The smallest absolute Gasteiger partial charge is 0.327 e. The van der Waals surface area contributed by atoms with Crippen molar-refractivity contribution in [2.45, 2.75) is 19.0 Å². The second-order valence-corrected chi connectivity index (χ2v) is 9.61. The number of carboxylic acid groups (broad SMARTS) is 1. The molecule has 0 aliphatic heterocycles. The number of aliphatic carboxylic acids is 1. The number of fused-ring (bicyclic) bond motifs is 1. The van der Waals surface area contributed by atoms with Gasteiger partial charge in [0.25, 0.3) is 5.56 Å². The second kappa shape index (κ2) is 9.44. The number of nitrogens with zero attached hydrogens (tertiary/aromatic N) is 4. The minimum absolute atomic E-state index is 0.123. The van der Waals surface area contributed by atoms with Gasteiger partial charge in [-0.05, 0) is 41.8 Å². The summed E-state index contributed by atoms with van der Waals surface area (Å²) in [4.78, 5) is 24.8. The predicted molar refractivity (Wildman–Crippen MR) is 129 cm³/mol. The van der Waals surface area contributed by atoms with E-state index >= 15 is 0 Å². The van der Waals surface area contributed by atoms with E-state index in [1.165, 1.54) is 0 Å². The molecule has 0 fully saturated rings. The Morgan fingerprint density at radius 3 is 2.24 bits per heavy atom. The zero-order valence-corrected chi connectivity index (χ0v) is 19.1. The van der Waals surface area contributed by atoms with Crippen LogP contribution in [0.2, 0.25) is 0 Å². The first kappa shape index (κ1) is 23.1. The van der Waals surface area contributed by atoms with Crippen LogP contribution in [0.5, 0.6) is 0 Å². The van der Waals surface area contributed by atoms with Gasteiger partial charge in [-0.25, -0.2) is 17.9 Å². The first-order valence-corrected chi connectivity index (χ1v) is 12.3. The zero-order chi connectivity index (χ0) is 24.3. The average Bonchev–Trinajstić information content (AvgIpc) is 2.83. The molecule has 0 saturated heterocycles. The molecule has 0 saturated carbocycles. The van der Waals surface area contributed by atoms with Gasteiger partial charge < -0.3 is 5.11 Å². The largest absolute Gasteiger partial charge is 0.480 e. The SMILES string of the molecule is CS(=O)(=O)N(c1ccc(-c2ccccc2)cc1)C(CCn1nnc2ccccc2c1=O)C(=O)O. The number of sulfonamides is 1. The number of benzene rings is 3. The van der Waals surface area contributed by atoms with E-state index in [2.05, 4.69) is 10.3 Å². The molecule has 1 atom stereocenters. The molecule has 10 heteroatoms. The van der Waals surface area contributed by atoms with E-state index in [1.807, 2.05) is 30.3 Å². The Morgan fingerprint density at radius 2 is 1.59 bits per heavy atom. The highest BCUT2D eigenvalue weighted by Crippen LogP contribution is 2.27.